The molecule has 1 aliphatic heterocycles. The number of rotatable bonds is 8. The minimum absolute atomic E-state index is 0.409. The van der Waals surface area contributed by atoms with E-state index in [-0.39, 0.29) is 0 Å². The standard InChI is InChI=1S/C22H24F3N3O5S/c23-22(24,25)18-7-4-8-19(13-18)34(31,32)26-14-21(30)33-16-20(29)28-11-9-27(10-12-28)15-17-5-2-1-3-6-17/h1-8,13,26H,9-12,14-16H2. The van der Waals surface area contributed by atoms with Gasteiger partial charge in [0.15, 0.2) is 6.61 Å². The first kappa shape index (κ1) is 25.7. The number of carbonyl (C=O) groups is 2. The van der Waals surface area contributed by atoms with Crippen LogP contribution in [0.1, 0.15) is 11.1 Å². The number of halogens is 3. The molecule has 184 valence electrons. The van der Waals surface area contributed by atoms with Crippen molar-refractivity contribution in [2.45, 2.75) is 17.6 Å². The van der Waals surface area contributed by atoms with E-state index in [9.17, 15) is 31.2 Å². The van der Waals surface area contributed by atoms with E-state index in [1.165, 1.54) is 5.56 Å². The van der Waals surface area contributed by atoms with Gasteiger partial charge in [0, 0.05) is 32.7 Å². The van der Waals surface area contributed by atoms with Gasteiger partial charge in [-0.15, -0.1) is 0 Å². The molecule has 0 saturated carbocycles. The van der Waals surface area contributed by atoms with Gasteiger partial charge in [-0.3, -0.25) is 14.5 Å². The number of benzene rings is 2. The molecule has 1 aliphatic rings. The molecule has 0 radical (unpaired) electrons. The molecule has 3 rings (SSSR count). The van der Waals surface area contributed by atoms with Crippen LogP contribution in [0.15, 0.2) is 59.5 Å². The van der Waals surface area contributed by atoms with Gasteiger partial charge in [0.2, 0.25) is 10.0 Å². The Morgan fingerprint density at radius 2 is 1.65 bits per heavy atom. The Morgan fingerprint density at radius 1 is 0.971 bits per heavy atom. The Morgan fingerprint density at radius 3 is 2.29 bits per heavy atom. The number of esters is 1. The third kappa shape index (κ3) is 7.27. The summed E-state index contributed by atoms with van der Waals surface area (Å²) in [7, 11) is -4.38. The first-order valence-electron chi connectivity index (χ1n) is 10.4. The minimum Gasteiger partial charge on any atom is -0.455 e. The molecule has 0 atom stereocenters. The van der Waals surface area contributed by atoms with Crippen molar-refractivity contribution in [3.63, 3.8) is 0 Å². The summed E-state index contributed by atoms with van der Waals surface area (Å²) in [6.07, 6.45) is -4.71. The number of amides is 1. The van der Waals surface area contributed by atoms with Crippen LogP contribution in [0.4, 0.5) is 13.2 Å². The predicted molar refractivity (Wildman–Crippen MR) is 116 cm³/mol. The molecule has 1 heterocycles. The number of carbonyl (C=O) groups excluding carboxylic acids is 2. The summed E-state index contributed by atoms with van der Waals surface area (Å²) >= 11 is 0. The molecule has 1 fully saturated rings. The molecule has 0 bridgehead atoms. The van der Waals surface area contributed by atoms with Gasteiger partial charge in [0.05, 0.1) is 10.5 Å². The monoisotopic (exact) mass is 499 g/mol. The lowest BCUT2D eigenvalue weighted by Gasteiger charge is -2.34. The summed E-state index contributed by atoms with van der Waals surface area (Å²) in [5, 5.41) is 0. The SMILES string of the molecule is O=C(CNS(=O)(=O)c1cccc(C(F)(F)F)c1)OCC(=O)N1CCN(Cc2ccccc2)CC1. The summed E-state index contributed by atoms with van der Waals surface area (Å²) in [4.78, 5) is 27.3. The zero-order valence-corrected chi connectivity index (χ0v) is 18.9. The molecule has 0 unspecified atom stereocenters. The van der Waals surface area contributed by atoms with Crippen molar-refractivity contribution in [1.29, 1.82) is 0 Å². The van der Waals surface area contributed by atoms with Gasteiger partial charge >= 0.3 is 12.1 Å². The second-order valence-corrected chi connectivity index (χ2v) is 9.42. The van der Waals surface area contributed by atoms with Crippen LogP contribution < -0.4 is 4.72 Å². The van der Waals surface area contributed by atoms with E-state index in [1.54, 1.807) is 4.90 Å². The maximum Gasteiger partial charge on any atom is 0.416 e. The Hall–Kier alpha value is -2.96. The fourth-order valence-corrected chi connectivity index (χ4v) is 4.37. The number of hydrogen-bond donors (Lipinski definition) is 1. The zero-order chi connectivity index (χ0) is 24.8. The highest BCUT2D eigenvalue weighted by Gasteiger charge is 2.31. The lowest BCUT2D eigenvalue weighted by Crippen LogP contribution is -2.49. The smallest absolute Gasteiger partial charge is 0.416 e. The number of sulfonamides is 1. The van der Waals surface area contributed by atoms with Crippen molar-refractivity contribution >= 4 is 21.9 Å². The molecule has 2 aromatic rings. The molecule has 0 spiro atoms. The Bertz CT molecular complexity index is 1100. The van der Waals surface area contributed by atoms with E-state index in [2.05, 4.69) is 4.90 Å². The fourth-order valence-electron chi connectivity index (χ4n) is 3.36. The summed E-state index contributed by atoms with van der Waals surface area (Å²) in [6.45, 7) is 1.64. The number of ether oxygens (including phenoxy) is 1. The van der Waals surface area contributed by atoms with Crippen LogP contribution in [0.3, 0.4) is 0 Å². The van der Waals surface area contributed by atoms with Gasteiger partial charge in [-0.1, -0.05) is 36.4 Å². The first-order valence-corrected chi connectivity index (χ1v) is 11.9. The quantitative estimate of drug-likeness (QED) is 0.558. The predicted octanol–water partition coefficient (Wildman–Crippen LogP) is 1.87. The highest BCUT2D eigenvalue weighted by Crippen LogP contribution is 2.30. The fraction of sp³-hybridized carbons (Fsp3) is 0.364. The Kier molecular flexibility index (Phi) is 8.28. The van der Waals surface area contributed by atoms with E-state index in [0.29, 0.717) is 32.2 Å². The number of hydrogen-bond acceptors (Lipinski definition) is 6. The van der Waals surface area contributed by atoms with Crippen LogP contribution >= 0.6 is 0 Å². The Labute approximate surface area is 195 Å². The number of nitrogens with zero attached hydrogens (tertiary/aromatic N) is 2. The third-order valence-corrected chi connectivity index (χ3v) is 6.61. The Balaban J connectivity index is 1.41. The second kappa shape index (κ2) is 11.0. The molecule has 8 nitrogen and oxygen atoms in total. The minimum atomic E-state index is -4.71. The summed E-state index contributed by atoms with van der Waals surface area (Å²) in [5.74, 6) is -1.43. The van der Waals surface area contributed by atoms with Crippen LogP contribution in [0.2, 0.25) is 0 Å². The molecule has 1 amide bonds. The largest absolute Gasteiger partial charge is 0.455 e. The van der Waals surface area contributed by atoms with Crippen molar-refractivity contribution in [2.24, 2.45) is 0 Å². The van der Waals surface area contributed by atoms with E-state index in [4.69, 9.17) is 4.74 Å². The normalized spacial score (nSPS) is 15.2. The lowest BCUT2D eigenvalue weighted by molar-refractivity contribution is -0.151. The average Bonchev–Trinajstić information content (AvgIpc) is 2.82. The molecular formula is C22H24F3N3O5S. The van der Waals surface area contributed by atoms with Gasteiger partial charge in [-0.2, -0.15) is 17.9 Å². The molecule has 2 aromatic carbocycles. The molecule has 0 aromatic heterocycles. The van der Waals surface area contributed by atoms with Crippen LogP contribution in [-0.4, -0.2) is 69.4 Å². The van der Waals surface area contributed by atoms with Gasteiger partial charge in [-0.25, -0.2) is 8.42 Å². The summed E-state index contributed by atoms with van der Waals surface area (Å²) in [5.41, 5.74) is 0.0382. The maximum atomic E-state index is 12.8. The van der Waals surface area contributed by atoms with E-state index >= 15 is 0 Å². The van der Waals surface area contributed by atoms with Crippen LogP contribution in [0, 0.1) is 0 Å². The van der Waals surface area contributed by atoms with Gasteiger partial charge in [0.25, 0.3) is 5.91 Å². The van der Waals surface area contributed by atoms with Gasteiger partial charge in [-0.05, 0) is 23.8 Å². The maximum absolute atomic E-state index is 12.8. The average molecular weight is 500 g/mol. The van der Waals surface area contributed by atoms with E-state index < -0.39 is 51.7 Å². The molecule has 34 heavy (non-hydrogen) atoms. The summed E-state index contributed by atoms with van der Waals surface area (Å²) < 4.78 is 69.5. The first-order chi connectivity index (χ1) is 16.0. The lowest BCUT2D eigenvalue weighted by atomic mass is 10.2. The summed E-state index contributed by atoms with van der Waals surface area (Å²) in [6, 6.07) is 13.0. The van der Waals surface area contributed by atoms with Crippen molar-refractivity contribution in [1.82, 2.24) is 14.5 Å². The molecular weight excluding hydrogens is 475 g/mol. The third-order valence-electron chi connectivity index (χ3n) is 5.21. The zero-order valence-electron chi connectivity index (χ0n) is 18.1. The van der Waals surface area contributed by atoms with Gasteiger partial charge < -0.3 is 9.64 Å². The molecule has 0 aliphatic carbocycles. The molecule has 12 heteroatoms. The number of alkyl halides is 3. The van der Waals surface area contributed by atoms with Crippen molar-refractivity contribution in [3.05, 3.63) is 65.7 Å². The van der Waals surface area contributed by atoms with Crippen LogP contribution in [0.25, 0.3) is 0 Å². The van der Waals surface area contributed by atoms with Gasteiger partial charge in [0.1, 0.15) is 6.54 Å². The topological polar surface area (TPSA) is 96.0 Å². The van der Waals surface area contributed by atoms with Crippen LogP contribution in [0.5, 0.6) is 0 Å². The molecule has 1 N–H and O–H groups in total. The van der Waals surface area contributed by atoms with Crippen molar-refractivity contribution < 1.29 is 35.9 Å². The van der Waals surface area contributed by atoms with Crippen molar-refractivity contribution in [3.8, 4) is 0 Å². The van der Waals surface area contributed by atoms with Crippen molar-refractivity contribution in [2.75, 3.05) is 39.3 Å². The highest BCUT2D eigenvalue weighted by molar-refractivity contribution is 7.89. The number of piperazine rings is 1. The second-order valence-electron chi connectivity index (χ2n) is 7.65. The van der Waals surface area contributed by atoms with E-state index in [0.717, 1.165) is 24.7 Å². The highest BCUT2D eigenvalue weighted by atomic mass is 32.2. The van der Waals surface area contributed by atoms with E-state index in [1.807, 2.05) is 35.1 Å². The number of nitrogens with one attached hydrogen (secondary N) is 1. The molecule has 1 saturated heterocycles. The van der Waals surface area contributed by atoms with Crippen LogP contribution in [-0.2, 0) is 37.1 Å².